The van der Waals surface area contributed by atoms with E-state index in [1.54, 1.807) is 11.0 Å². The summed E-state index contributed by atoms with van der Waals surface area (Å²) in [7, 11) is 3.65. The largest absolute Gasteiger partial charge is 0.378 e. The average molecular weight is 220 g/mol. The summed E-state index contributed by atoms with van der Waals surface area (Å²) in [5.41, 5.74) is 1.25. The third kappa shape index (κ3) is 2.33. The number of benzene rings is 1. The first-order chi connectivity index (χ1) is 7.27. The van der Waals surface area contributed by atoms with Crippen LogP contribution in [0.4, 0.5) is 10.1 Å². The van der Waals surface area contributed by atoms with Crippen LogP contribution in [0.25, 0.3) is 0 Å². The minimum Gasteiger partial charge on any atom is -0.378 e. The van der Waals surface area contributed by atoms with Crippen LogP contribution >= 0.6 is 0 Å². The van der Waals surface area contributed by atoms with Crippen molar-refractivity contribution in [2.75, 3.05) is 19.0 Å². The molecular weight excluding hydrogens is 203 g/mol. The van der Waals surface area contributed by atoms with E-state index in [1.807, 2.05) is 34.9 Å². The fourth-order valence-electron chi connectivity index (χ4n) is 1.70. The highest BCUT2D eigenvalue weighted by Crippen LogP contribution is 2.31. The van der Waals surface area contributed by atoms with Gasteiger partial charge in [0.25, 0.3) is 0 Å². The second-order valence-corrected chi connectivity index (χ2v) is 5.11. The van der Waals surface area contributed by atoms with Crippen LogP contribution in [0.15, 0.2) is 12.1 Å². The quantitative estimate of drug-likeness (QED) is 0.727. The summed E-state index contributed by atoms with van der Waals surface area (Å²) in [6.07, 6.45) is 0. The van der Waals surface area contributed by atoms with Gasteiger partial charge in [-0.1, -0.05) is 20.8 Å². The Kier molecular flexibility index (Phi) is 3.23. The molecule has 86 valence electrons. The van der Waals surface area contributed by atoms with Gasteiger partial charge in [0.1, 0.15) is 5.82 Å². The Morgan fingerprint density at radius 1 is 1.25 bits per heavy atom. The zero-order valence-corrected chi connectivity index (χ0v) is 10.4. The molecule has 3 heteroatoms. The minimum atomic E-state index is -0.361. The maximum absolute atomic E-state index is 14.0. The predicted octanol–water partition coefficient (Wildman–Crippen LogP) is 3.06. The molecule has 0 aliphatic carbocycles. The molecule has 0 aromatic heterocycles. The third-order valence-electron chi connectivity index (χ3n) is 2.46. The van der Waals surface area contributed by atoms with Gasteiger partial charge in [0.15, 0.2) is 0 Å². The van der Waals surface area contributed by atoms with E-state index < -0.39 is 0 Å². The Labute approximate surface area is 96.3 Å². The van der Waals surface area contributed by atoms with Gasteiger partial charge in [-0.05, 0) is 17.5 Å². The molecule has 1 aromatic rings. The lowest BCUT2D eigenvalue weighted by atomic mass is 9.83. The monoisotopic (exact) mass is 220 g/mol. The number of nitrogens with zero attached hydrogens (tertiary/aromatic N) is 2. The van der Waals surface area contributed by atoms with E-state index in [-0.39, 0.29) is 11.2 Å². The highest BCUT2D eigenvalue weighted by atomic mass is 19.1. The van der Waals surface area contributed by atoms with E-state index in [0.29, 0.717) is 16.8 Å². The average Bonchev–Trinajstić information content (AvgIpc) is 2.14. The molecule has 0 aliphatic rings. The van der Waals surface area contributed by atoms with Crippen LogP contribution in [0.1, 0.15) is 31.9 Å². The molecule has 0 saturated carbocycles. The summed E-state index contributed by atoms with van der Waals surface area (Å²) < 4.78 is 14.0. The molecule has 2 nitrogen and oxygen atoms in total. The van der Waals surface area contributed by atoms with Crippen LogP contribution in [0.5, 0.6) is 0 Å². The van der Waals surface area contributed by atoms with Gasteiger partial charge in [0.2, 0.25) is 0 Å². The third-order valence-corrected chi connectivity index (χ3v) is 2.46. The lowest BCUT2D eigenvalue weighted by Gasteiger charge is -2.23. The van der Waals surface area contributed by atoms with Crippen molar-refractivity contribution in [1.82, 2.24) is 0 Å². The molecule has 0 aliphatic heterocycles. The van der Waals surface area contributed by atoms with Crippen molar-refractivity contribution in [3.63, 3.8) is 0 Å². The summed E-state index contributed by atoms with van der Waals surface area (Å²) in [5.74, 6) is -0.310. The standard InChI is InChI=1S/C13H17FN2/c1-13(2,3)12-9(8-15)6-10(16(4)5)7-11(12)14/h6-7H,1-5H3. The maximum Gasteiger partial charge on any atom is 0.130 e. The zero-order chi connectivity index (χ0) is 12.5. The molecule has 0 N–H and O–H groups in total. The molecule has 0 amide bonds. The Bertz CT molecular complexity index is 436. The molecule has 0 spiro atoms. The summed E-state index contributed by atoms with van der Waals surface area (Å²) in [5, 5.41) is 9.08. The van der Waals surface area contributed by atoms with Crippen molar-refractivity contribution in [1.29, 1.82) is 5.26 Å². The second kappa shape index (κ2) is 4.13. The SMILES string of the molecule is CN(C)c1cc(F)c(C(C)(C)C)c(C#N)c1. The van der Waals surface area contributed by atoms with E-state index in [2.05, 4.69) is 6.07 Å². The fraction of sp³-hybridized carbons (Fsp3) is 0.462. The van der Waals surface area contributed by atoms with Crippen LogP contribution in [0.3, 0.4) is 0 Å². The second-order valence-electron chi connectivity index (χ2n) is 5.11. The Hall–Kier alpha value is -1.56. The Morgan fingerprint density at radius 3 is 2.19 bits per heavy atom. The number of nitriles is 1. The predicted molar refractivity (Wildman–Crippen MR) is 64.1 cm³/mol. The molecule has 0 atom stereocenters. The van der Waals surface area contributed by atoms with E-state index in [9.17, 15) is 4.39 Å². The number of halogens is 1. The van der Waals surface area contributed by atoms with Crippen molar-refractivity contribution in [3.05, 3.63) is 29.1 Å². The molecular formula is C13H17FN2. The smallest absolute Gasteiger partial charge is 0.130 e. The van der Waals surface area contributed by atoms with Crippen LogP contribution in [-0.4, -0.2) is 14.1 Å². The van der Waals surface area contributed by atoms with Gasteiger partial charge < -0.3 is 4.90 Å². The summed E-state index contributed by atoms with van der Waals surface area (Å²) in [6, 6.07) is 5.27. The number of hydrogen-bond acceptors (Lipinski definition) is 2. The van der Waals surface area contributed by atoms with Gasteiger partial charge in [-0.15, -0.1) is 0 Å². The molecule has 0 saturated heterocycles. The first-order valence-electron chi connectivity index (χ1n) is 5.19. The molecule has 0 unspecified atom stereocenters. The molecule has 0 fully saturated rings. The van der Waals surface area contributed by atoms with Crippen molar-refractivity contribution >= 4 is 5.69 Å². The van der Waals surface area contributed by atoms with Gasteiger partial charge in [0, 0.05) is 25.3 Å². The Balaban J connectivity index is 3.49. The highest BCUT2D eigenvalue weighted by Gasteiger charge is 2.23. The number of hydrogen-bond donors (Lipinski definition) is 0. The first-order valence-corrected chi connectivity index (χ1v) is 5.19. The number of anilines is 1. The first kappa shape index (κ1) is 12.5. The lowest BCUT2D eigenvalue weighted by molar-refractivity contribution is 0.521. The molecule has 0 radical (unpaired) electrons. The van der Waals surface area contributed by atoms with Gasteiger partial charge in [-0.3, -0.25) is 0 Å². The number of rotatable bonds is 1. The summed E-state index contributed by atoms with van der Waals surface area (Å²) in [4.78, 5) is 1.79. The van der Waals surface area contributed by atoms with Crippen LogP contribution in [-0.2, 0) is 5.41 Å². The highest BCUT2D eigenvalue weighted by molar-refractivity contribution is 5.56. The van der Waals surface area contributed by atoms with Crippen LogP contribution in [0.2, 0.25) is 0 Å². The van der Waals surface area contributed by atoms with E-state index in [4.69, 9.17) is 5.26 Å². The van der Waals surface area contributed by atoms with Crippen molar-refractivity contribution in [3.8, 4) is 6.07 Å². The van der Waals surface area contributed by atoms with E-state index >= 15 is 0 Å². The van der Waals surface area contributed by atoms with E-state index in [0.717, 1.165) is 0 Å². The topological polar surface area (TPSA) is 27.0 Å². The van der Waals surface area contributed by atoms with Crippen molar-refractivity contribution in [2.45, 2.75) is 26.2 Å². The van der Waals surface area contributed by atoms with E-state index in [1.165, 1.54) is 6.07 Å². The normalized spacial score (nSPS) is 11.1. The minimum absolute atomic E-state index is 0.310. The van der Waals surface area contributed by atoms with Crippen molar-refractivity contribution in [2.24, 2.45) is 0 Å². The Morgan fingerprint density at radius 2 is 1.81 bits per heavy atom. The fourth-order valence-corrected chi connectivity index (χ4v) is 1.70. The molecule has 16 heavy (non-hydrogen) atoms. The summed E-state index contributed by atoms with van der Waals surface area (Å²) in [6.45, 7) is 5.71. The maximum atomic E-state index is 14.0. The lowest BCUT2D eigenvalue weighted by Crippen LogP contribution is -2.18. The zero-order valence-electron chi connectivity index (χ0n) is 10.4. The molecule has 1 rings (SSSR count). The molecule has 0 heterocycles. The molecule has 0 bridgehead atoms. The summed E-state index contributed by atoms with van der Waals surface area (Å²) >= 11 is 0. The van der Waals surface area contributed by atoms with Gasteiger partial charge in [-0.2, -0.15) is 5.26 Å². The van der Waals surface area contributed by atoms with Gasteiger partial charge in [-0.25, -0.2) is 4.39 Å². The van der Waals surface area contributed by atoms with Gasteiger partial charge in [0.05, 0.1) is 11.6 Å². The van der Waals surface area contributed by atoms with Crippen LogP contribution in [0, 0.1) is 17.1 Å². The van der Waals surface area contributed by atoms with Crippen molar-refractivity contribution < 1.29 is 4.39 Å². The van der Waals surface area contributed by atoms with Gasteiger partial charge >= 0.3 is 0 Å². The van der Waals surface area contributed by atoms with Crippen LogP contribution < -0.4 is 4.90 Å². The molecule has 1 aromatic carbocycles.